The van der Waals surface area contributed by atoms with Crippen LogP contribution in [0.1, 0.15) is 36.6 Å². The van der Waals surface area contributed by atoms with Crippen LogP contribution >= 0.6 is 0 Å². The lowest BCUT2D eigenvalue weighted by atomic mass is 9.96. The van der Waals surface area contributed by atoms with Crippen molar-refractivity contribution in [1.82, 2.24) is 24.8 Å². The van der Waals surface area contributed by atoms with Crippen molar-refractivity contribution in [2.24, 2.45) is 0 Å². The van der Waals surface area contributed by atoms with Gasteiger partial charge in [-0.05, 0) is 43.5 Å². The van der Waals surface area contributed by atoms with Gasteiger partial charge in [0.1, 0.15) is 17.7 Å². The first kappa shape index (κ1) is 16.0. The van der Waals surface area contributed by atoms with Gasteiger partial charge in [0.05, 0.1) is 5.56 Å². The molecule has 8 heteroatoms. The standard InChI is InChI=1S/C19H20N8/c20-12-14-2-3-16(21-13-14)26-10-6-15(7-11-26)19-23-22-17-4-5-18(24-27(17)19)25-8-1-9-25/h2-5,13,15H,1,6-11H2. The van der Waals surface area contributed by atoms with Crippen molar-refractivity contribution in [3.05, 3.63) is 41.9 Å². The topological polar surface area (TPSA) is 86.2 Å². The van der Waals surface area contributed by atoms with Crippen LogP contribution in [0.4, 0.5) is 11.6 Å². The van der Waals surface area contributed by atoms with Crippen molar-refractivity contribution in [3.8, 4) is 6.07 Å². The zero-order valence-corrected chi connectivity index (χ0v) is 15.0. The van der Waals surface area contributed by atoms with Crippen LogP contribution < -0.4 is 9.80 Å². The Morgan fingerprint density at radius 3 is 2.37 bits per heavy atom. The van der Waals surface area contributed by atoms with Gasteiger partial charge in [-0.2, -0.15) is 9.78 Å². The highest BCUT2D eigenvalue weighted by Gasteiger charge is 2.26. The lowest BCUT2D eigenvalue weighted by Gasteiger charge is -2.32. The average Bonchev–Trinajstić information content (AvgIpc) is 3.10. The molecule has 2 saturated heterocycles. The summed E-state index contributed by atoms with van der Waals surface area (Å²) in [4.78, 5) is 8.95. The highest BCUT2D eigenvalue weighted by Crippen LogP contribution is 2.29. The van der Waals surface area contributed by atoms with Crippen LogP contribution in [0.25, 0.3) is 5.65 Å². The van der Waals surface area contributed by atoms with Crippen LogP contribution in [0, 0.1) is 11.3 Å². The number of anilines is 2. The minimum absolute atomic E-state index is 0.341. The maximum Gasteiger partial charge on any atom is 0.178 e. The second kappa shape index (κ2) is 6.50. The van der Waals surface area contributed by atoms with E-state index in [4.69, 9.17) is 10.4 Å². The van der Waals surface area contributed by atoms with Gasteiger partial charge >= 0.3 is 0 Å². The monoisotopic (exact) mass is 360 g/mol. The van der Waals surface area contributed by atoms with Gasteiger partial charge < -0.3 is 9.80 Å². The Balaban J connectivity index is 1.33. The Kier molecular flexibility index (Phi) is 3.85. The molecule has 27 heavy (non-hydrogen) atoms. The van der Waals surface area contributed by atoms with E-state index >= 15 is 0 Å². The van der Waals surface area contributed by atoms with Crippen molar-refractivity contribution in [1.29, 1.82) is 5.26 Å². The Morgan fingerprint density at radius 1 is 0.926 bits per heavy atom. The van der Waals surface area contributed by atoms with E-state index < -0.39 is 0 Å². The molecule has 2 fully saturated rings. The van der Waals surface area contributed by atoms with E-state index in [0.717, 1.165) is 62.1 Å². The molecule has 0 aromatic carbocycles. The number of hydrogen-bond acceptors (Lipinski definition) is 7. The second-order valence-electron chi connectivity index (χ2n) is 7.14. The molecule has 3 aromatic heterocycles. The number of nitriles is 1. The molecular weight excluding hydrogens is 340 g/mol. The molecule has 0 atom stereocenters. The van der Waals surface area contributed by atoms with Gasteiger partial charge in [-0.1, -0.05) is 0 Å². The summed E-state index contributed by atoms with van der Waals surface area (Å²) in [6.45, 7) is 3.96. The van der Waals surface area contributed by atoms with E-state index in [2.05, 4.69) is 31.1 Å². The Bertz CT molecular complexity index is 991. The number of hydrogen-bond donors (Lipinski definition) is 0. The Morgan fingerprint density at radius 2 is 1.70 bits per heavy atom. The summed E-state index contributed by atoms with van der Waals surface area (Å²) < 4.78 is 1.92. The minimum Gasteiger partial charge on any atom is -0.357 e. The molecule has 136 valence electrons. The van der Waals surface area contributed by atoms with Gasteiger partial charge in [-0.3, -0.25) is 0 Å². The number of fused-ring (bicyclic) bond motifs is 1. The van der Waals surface area contributed by atoms with Gasteiger partial charge in [-0.15, -0.1) is 15.3 Å². The van der Waals surface area contributed by atoms with Crippen molar-refractivity contribution < 1.29 is 0 Å². The fourth-order valence-electron chi connectivity index (χ4n) is 3.77. The SMILES string of the molecule is N#Cc1ccc(N2CCC(c3nnc4ccc(N5CCC5)nn34)CC2)nc1. The van der Waals surface area contributed by atoms with Gasteiger partial charge in [0.15, 0.2) is 11.5 Å². The largest absolute Gasteiger partial charge is 0.357 e. The van der Waals surface area contributed by atoms with Crippen LogP contribution in [-0.4, -0.2) is 51.0 Å². The fourth-order valence-corrected chi connectivity index (χ4v) is 3.77. The quantitative estimate of drug-likeness (QED) is 0.706. The number of pyridine rings is 1. The lowest BCUT2D eigenvalue weighted by molar-refractivity contribution is 0.474. The zero-order valence-electron chi connectivity index (χ0n) is 15.0. The third-order valence-electron chi connectivity index (χ3n) is 5.51. The van der Waals surface area contributed by atoms with Crippen LogP contribution in [0.3, 0.4) is 0 Å². The smallest absolute Gasteiger partial charge is 0.178 e. The molecule has 0 radical (unpaired) electrons. The average molecular weight is 360 g/mol. The molecule has 0 amide bonds. The fraction of sp³-hybridized carbons (Fsp3) is 0.421. The first-order valence-corrected chi connectivity index (χ1v) is 9.40. The lowest BCUT2D eigenvalue weighted by Crippen LogP contribution is -2.38. The Hall–Kier alpha value is -3.21. The second-order valence-corrected chi connectivity index (χ2v) is 7.14. The molecule has 3 aromatic rings. The van der Waals surface area contributed by atoms with E-state index in [-0.39, 0.29) is 0 Å². The molecule has 5 heterocycles. The van der Waals surface area contributed by atoms with Crippen LogP contribution in [-0.2, 0) is 0 Å². The number of nitrogens with zero attached hydrogens (tertiary/aromatic N) is 8. The maximum absolute atomic E-state index is 8.91. The summed E-state index contributed by atoms with van der Waals surface area (Å²) in [5.74, 6) is 3.24. The normalized spacial score (nSPS) is 17.7. The number of rotatable bonds is 3. The third kappa shape index (κ3) is 2.85. The van der Waals surface area contributed by atoms with Crippen LogP contribution in [0.5, 0.6) is 0 Å². The van der Waals surface area contributed by atoms with E-state index in [1.165, 1.54) is 6.42 Å². The molecule has 0 saturated carbocycles. The molecule has 0 spiro atoms. The Labute approximate surface area is 157 Å². The molecule has 8 nitrogen and oxygen atoms in total. The molecule has 0 aliphatic carbocycles. The molecule has 0 N–H and O–H groups in total. The number of aromatic nitrogens is 5. The molecular formula is C19H20N8. The first-order valence-electron chi connectivity index (χ1n) is 9.40. The zero-order chi connectivity index (χ0) is 18.2. The summed E-state index contributed by atoms with van der Waals surface area (Å²) in [5.41, 5.74) is 1.40. The number of piperidine rings is 1. The highest BCUT2D eigenvalue weighted by atomic mass is 15.4. The summed E-state index contributed by atoms with van der Waals surface area (Å²) in [6.07, 6.45) is 4.83. The summed E-state index contributed by atoms with van der Waals surface area (Å²) in [6, 6.07) is 9.90. The van der Waals surface area contributed by atoms with E-state index in [0.29, 0.717) is 11.5 Å². The van der Waals surface area contributed by atoms with Crippen molar-refractivity contribution in [2.75, 3.05) is 36.0 Å². The van der Waals surface area contributed by atoms with Gasteiger partial charge in [-0.25, -0.2) is 4.98 Å². The molecule has 0 unspecified atom stereocenters. The predicted molar refractivity (Wildman–Crippen MR) is 101 cm³/mol. The molecule has 2 aliphatic rings. The van der Waals surface area contributed by atoms with Crippen molar-refractivity contribution in [2.45, 2.75) is 25.2 Å². The van der Waals surface area contributed by atoms with Crippen molar-refractivity contribution >= 4 is 17.3 Å². The van der Waals surface area contributed by atoms with E-state index in [9.17, 15) is 0 Å². The van der Waals surface area contributed by atoms with E-state index in [1.54, 1.807) is 6.20 Å². The maximum atomic E-state index is 8.91. The third-order valence-corrected chi connectivity index (χ3v) is 5.51. The predicted octanol–water partition coefficient (Wildman–Crippen LogP) is 1.99. The summed E-state index contributed by atoms with van der Waals surface area (Å²) in [7, 11) is 0. The van der Waals surface area contributed by atoms with Crippen molar-refractivity contribution in [3.63, 3.8) is 0 Å². The van der Waals surface area contributed by atoms with E-state index in [1.807, 2.05) is 28.8 Å². The summed E-state index contributed by atoms with van der Waals surface area (Å²) in [5, 5.41) is 22.5. The molecule has 2 aliphatic heterocycles. The minimum atomic E-state index is 0.341. The van der Waals surface area contributed by atoms with Gasteiger partial charge in [0, 0.05) is 38.3 Å². The van der Waals surface area contributed by atoms with Gasteiger partial charge in [0.25, 0.3) is 0 Å². The van der Waals surface area contributed by atoms with Crippen LogP contribution in [0.15, 0.2) is 30.5 Å². The van der Waals surface area contributed by atoms with Crippen LogP contribution in [0.2, 0.25) is 0 Å². The first-order chi connectivity index (χ1) is 13.3. The highest BCUT2D eigenvalue weighted by molar-refractivity contribution is 5.47. The van der Waals surface area contributed by atoms with Gasteiger partial charge in [0.2, 0.25) is 0 Å². The molecule has 0 bridgehead atoms. The molecule has 5 rings (SSSR count). The summed E-state index contributed by atoms with van der Waals surface area (Å²) >= 11 is 0.